The van der Waals surface area contributed by atoms with Crippen molar-refractivity contribution in [3.05, 3.63) is 82.0 Å². The molecule has 0 spiro atoms. The largest absolute Gasteiger partial charge is 0.286 e. The van der Waals surface area contributed by atoms with Crippen LogP contribution in [0.2, 0.25) is 0 Å². The topological polar surface area (TPSA) is 78.5 Å². The molecule has 3 heterocycles. The number of hydrogen-bond acceptors (Lipinski definition) is 5. The summed E-state index contributed by atoms with van der Waals surface area (Å²) in [5.41, 5.74) is 4.96. The van der Waals surface area contributed by atoms with Crippen molar-refractivity contribution in [1.82, 2.24) is 29.3 Å². The van der Waals surface area contributed by atoms with E-state index in [4.69, 9.17) is 0 Å². The Bertz CT molecular complexity index is 1430. The highest BCUT2D eigenvalue weighted by molar-refractivity contribution is 5.84. The highest BCUT2D eigenvalue weighted by Gasteiger charge is 2.18. The molecule has 0 aliphatic rings. The average molecular weight is 382 g/mol. The lowest BCUT2D eigenvalue weighted by Crippen LogP contribution is -2.23. The molecule has 0 unspecified atom stereocenters. The average Bonchev–Trinajstić information content (AvgIpc) is 3.04. The Labute approximate surface area is 166 Å². The second-order valence-corrected chi connectivity index (χ2v) is 7.04. The predicted molar refractivity (Wildman–Crippen MR) is 112 cm³/mol. The van der Waals surface area contributed by atoms with Gasteiger partial charge in [0.15, 0.2) is 16.8 Å². The van der Waals surface area contributed by atoms with Crippen molar-refractivity contribution < 1.29 is 0 Å². The number of hydrogen-bond donors (Lipinski definition) is 0. The Balaban J connectivity index is 1.81. The van der Waals surface area contributed by atoms with Crippen LogP contribution in [0.25, 0.3) is 33.7 Å². The number of aryl methyl sites for hydroxylation is 3. The third kappa shape index (κ3) is 2.70. The first kappa shape index (κ1) is 17.2. The number of aromatic nitrogens is 6. The monoisotopic (exact) mass is 382 g/mol. The van der Waals surface area contributed by atoms with Crippen LogP contribution in [0.5, 0.6) is 0 Å². The summed E-state index contributed by atoms with van der Waals surface area (Å²) in [6.45, 7) is 5.67. The summed E-state index contributed by atoms with van der Waals surface area (Å²) in [4.78, 5) is 27.1. The second kappa shape index (κ2) is 6.34. The zero-order valence-electron chi connectivity index (χ0n) is 16.3. The molecule has 0 N–H and O–H groups in total. The van der Waals surface area contributed by atoms with Gasteiger partial charge in [-0.25, -0.2) is 19.6 Å². The molecule has 0 saturated carbocycles. The minimum Gasteiger partial charge on any atom is -0.266 e. The molecule has 5 rings (SSSR count). The van der Waals surface area contributed by atoms with E-state index in [1.54, 1.807) is 16.2 Å². The molecule has 0 aliphatic heterocycles. The second-order valence-electron chi connectivity index (χ2n) is 7.04. The van der Waals surface area contributed by atoms with Crippen molar-refractivity contribution >= 4 is 22.3 Å². The normalized spacial score (nSPS) is 11.4. The standard InChI is InChI=1S/C22H18N6O/c1-13-9-11-16(12-10-13)27-15(3)23-20-19(22(27)29)24-18-14(2)26-28(21(18)25-20)17-7-5-4-6-8-17/h4-12H,1-3H3. The SMILES string of the molecule is Cc1ccc(-n2c(C)nc3nc4c(nc3c2=O)c(C)nn4-c2ccccc2)cc1. The van der Waals surface area contributed by atoms with Gasteiger partial charge >= 0.3 is 0 Å². The maximum Gasteiger partial charge on any atom is 0.286 e. The number of fused-ring (bicyclic) bond motifs is 2. The lowest BCUT2D eigenvalue weighted by atomic mass is 10.2. The summed E-state index contributed by atoms with van der Waals surface area (Å²) < 4.78 is 3.30. The lowest BCUT2D eigenvalue weighted by Gasteiger charge is -2.10. The van der Waals surface area contributed by atoms with Crippen LogP contribution < -0.4 is 5.56 Å². The first-order chi connectivity index (χ1) is 14.0. The third-order valence-corrected chi connectivity index (χ3v) is 4.94. The van der Waals surface area contributed by atoms with Gasteiger partial charge in [0.1, 0.15) is 11.3 Å². The molecule has 7 nitrogen and oxygen atoms in total. The van der Waals surface area contributed by atoms with Crippen LogP contribution in [0.1, 0.15) is 17.1 Å². The molecule has 0 radical (unpaired) electrons. The molecule has 0 amide bonds. The van der Waals surface area contributed by atoms with E-state index in [-0.39, 0.29) is 11.1 Å². The summed E-state index contributed by atoms with van der Waals surface area (Å²) >= 11 is 0. The van der Waals surface area contributed by atoms with Crippen LogP contribution in [0.4, 0.5) is 0 Å². The van der Waals surface area contributed by atoms with E-state index in [1.807, 2.05) is 68.4 Å². The molecule has 0 saturated heterocycles. The Morgan fingerprint density at radius 2 is 1.48 bits per heavy atom. The van der Waals surface area contributed by atoms with Crippen LogP contribution in [0.3, 0.4) is 0 Å². The summed E-state index contributed by atoms with van der Waals surface area (Å²) in [5, 5.41) is 4.58. The van der Waals surface area contributed by atoms with Gasteiger partial charge in [-0.15, -0.1) is 0 Å². The molecule has 3 aromatic heterocycles. The Hall–Kier alpha value is -3.87. The van der Waals surface area contributed by atoms with Crippen LogP contribution >= 0.6 is 0 Å². The van der Waals surface area contributed by atoms with Crippen LogP contribution in [-0.4, -0.2) is 29.3 Å². The Morgan fingerprint density at radius 1 is 0.759 bits per heavy atom. The summed E-state index contributed by atoms with van der Waals surface area (Å²) in [7, 11) is 0. The molecule has 142 valence electrons. The van der Waals surface area contributed by atoms with Gasteiger partial charge < -0.3 is 0 Å². The molecular formula is C22H18N6O. The van der Waals surface area contributed by atoms with Crippen molar-refractivity contribution in [1.29, 1.82) is 0 Å². The summed E-state index contributed by atoms with van der Waals surface area (Å²) in [5.74, 6) is 0.558. The van der Waals surface area contributed by atoms with Gasteiger partial charge in [-0.3, -0.25) is 9.36 Å². The van der Waals surface area contributed by atoms with Gasteiger partial charge in [0.2, 0.25) is 0 Å². The number of rotatable bonds is 2. The maximum absolute atomic E-state index is 13.3. The molecule has 5 aromatic rings. The van der Waals surface area contributed by atoms with E-state index in [1.165, 1.54) is 0 Å². The minimum atomic E-state index is -0.238. The molecule has 0 atom stereocenters. The third-order valence-electron chi connectivity index (χ3n) is 4.94. The molecule has 29 heavy (non-hydrogen) atoms. The smallest absolute Gasteiger partial charge is 0.266 e. The van der Waals surface area contributed by atoms with Crippen LogP contribution in [0.15, 0.2) is 59.4 Å². The molecule has 0 aliphatic carbocycles. The fraction of sp³-hybridized carbons (Fsp3) is 0.136. The molecule has 0 bridgehead atoms. The Morgan fingerprint density at radius 3 is 2.21 bits per heavy atom. The van der Waals surface area contributed by atoms with Crippen LogP contribution in [-0.2, 0) is 0 Å². The zero-order chi connectivity index (χ0) is 20.1. The highest BCUT2D eigenvalue weighted by atomic mass is 16.1. The number of nitrogens with zero attached hydrogens (tertiary/aromatic N) is 6. The van der Waals surface area contributed by atoms with Crippen molar-refractivity contribution in [2.24, 2.45) is 0 Å². The molecular weight excluding hydrogens is 364 g/mol. The van der Waals surface area contributed by atoms with E-state index >= 15 is 0 Å². The molecule has 2 aromatic carbocycles. The molecule has 7 heteroatoms. The maximum atomic E-state index is 13.3. The molecule has 0 fully saturated rings. The van der Waals surface area contributed by atoms with E-state index < -0.39 is 0 Å². The first-order valence-electron chi connectivity index (χ1n) is 9.32. The predicted octanol–water partition coefficient (Wildman–Crippen LogP) is 3.44. The van der Waals surface area contributed by atoms with E-state index in [0.717, 1.165) is 16.9 Å². The zero-order valence-corrected chi connectivity index (χ0v) is 16.3. The van der Waals surface area contributed by atoms with Crippen LogP contribution in [0, 0.1) is 20.8 Å². The van der Waals surface area contributed by atoms with Gasteiger partial charge in [-0.05, 0) is 45.0 Å². The quantitative estimate of drug-likeness (QED) is 0.467. The summed E-state index contributed by atoms with van der Waals surface area (Å²) in [6.07, 6.45) is 0. The first-order valence-corrected chi connectivity index (χ1v) is 9.32. The van der Waals surface area contributed by atoms with Gasteiger partial charge in [-0.2, -0.15) is 5.10 Å². The van der Waals surface area contributed by atoms with Crippen molar-refractivity contribution in [3.63, 3.8) is 0 Å². The van der Waals surface area contributed by atoms with Crippen molar-refractivity contribution in [2.45, 2.75) is 20.8 Å². The minimum absolute atomic E-state index is 0.236. The highest BCUT2D eigenvalue weighted by Crippen LogP contribution is 2.20. The Kier molecular flexibility index (Phi) is 3.77. The number of benzene rings is 2. The van der Waals surface area contributed by atoms with E-state index in [0.29, 0.717) is 28.3 Å². The lowest BCUT2D eigenvalue weighted by molar-refractivity contribution is 0.871. The number of para-hydroxylation sites is 1. The van der Waals surface area contributed by atoms with Gasteiger partial charge in [0, 0.05) is 0 Å². The van der Waals surface area contributed by atoms with E-state index in [9.17, 15) is 4.79 Å². The fourth-order valence-electron chi connectivity index (χ4n) is 3.48. The fourth-order valence-corrected chi connectivity index (χ4v) is 3.48. The summed E-state index contributed by atoms with van der Waals surface area (Å²) in [6, 6.07) is 17.5. The van der Waals surface area contributed by atoms with E-state index in [2.05, 4.69) is 20.1 Å². The van der Waals surface area contributed by atoms with Gasteiger partial charge in [-0.1, -0.05) is 35.9 Å². The van der Waals surface area contributed by atoms with Crippen molar-refractivity contribution in [3.8, 4) is 11.4 Å². The van der Waals surface area contributed by atoms with Gasteiger partial charge in [0.25, 0.3) is 5.56 Å². The van der Waals surface area contributed by atoms with Crippen molar-refractivity contribution in [2.75, 3.05) is 0 Å². The van der Waals surface area contributed by atoms with Gasteiger partial charge in [0.05, 0.1) is 17.1 Å².